The van der Waals surface area contributed by atoms with Gasteiger partial charge >= 0.3 is 6.18 Å². The van der Waals surface area contributed by atoms with Gasteiger partial charge in [0.2, 0.25) is 0 Å². The number of nitrogen functional groups attached to an aromatic ring is 1. The second kappa shape index (κ2) is 5.75. The highest BCUT2D eigenvalue weighted by atomic mass is 19.4. The first kappa shape index (κ1) is 14.3. The van der Waals surface area contributed by atoms with Gasteiger partial charge in [-0.1, -0.05) is 19.1 Å². The molecule has 0 spiro atoms. The van der Waals surface area contributed by atoms with Gasteiger partial charge in [0.15, 0.2) is 0 Å². The fourth-order valence-electron chi connectivity index (χ4n) is 1.60. The number of nitrogens with two attached hydrogens (primary N) is 1. The van der Waals surface area contributed by atoms with E-state index >= 15 is 0 Å². The number of hydrogen-bond donors (Lipinski definition) is 1. The predicted molar refractivity (Wildman–Crippen MR) is 63.1 cm³/mol. The van der Waals surface area contributed by atoms with Crippen molar-refractivity contribution < 1.29 is 18.0 Å². The fraction of sp³-hybridized carbons (Fsp3) is 0.417. The summed E-state index contributed by atoms with van der Waals surface area (Å²) in [5.41, 5.74) is 5.88. The molecule has 0 fully saturated rings. The quantitative estimate of drug-likeness (QED) is 0.846. The molecule has 0 saturated carbocycles. The number of rotatable bonds is 4. The Kier molecular flexibility index (Phi) is 4.58. The van der Waals surface area contributed by atoms with E-state index in [2.05, 4.69) is 0 Å². The molecule has 2 N–H and O–H groups in total. The summed E-state index contributed by atoms with van der Waals surface area (Å²) in [6.07, 6.45) is -3.96. The summed E-state index contributed by atoms with van der Waals surface area (Å²) in [4.78, 5) is 12.7. The number of benzene rings is 1. The van der Waals surface area contributed by atoms with Gasteiger partial charge in [-0.15, -0.1) is 0 Å². The lowest BCUT2D eigenvalue weighted by molar-refractivity contribution is -0.140. The van der Waals surface area contributed by atoms with Crippen LogP contribution in [0.5, 0.6) is 0 Å². The van der Waals surface area contributed by atoms with Gasteiger partial charge in [-0.2, -0.15) is 13.2 Å². The molecular weight excluding hydrogens is 245 g/mol. The maximum Gasteiger partial charge on any atom is 0.406 e. The fourth-order valence-corrected chi connectivity index (χ4v) is 1.60. The van der Waals surface area contributed by atoms with E-state index in [0.29, 0.717) is 6.42 Å². The first-order chi connectivity index (χ1) is 8.35. The number of hydrogen-bond acceptors (Lipinski definition) is 2. The Bertz CT molecular complexity index is 418. The zero-order valence-electron chi connectivity index (χ0n) is 10.00. The number of anilines is 1. The highest BCUT2D eigenvalue weighted by Crippen LogP contribution is 2.20. The van der Waals surface area contributed by atoms with E-state index in [1.54, 1.807) is 19.1 Å². The predicted octanol–water partition coefficient (Wildman–Crippen LogP) is 2.68. The van der Waals surface area contributed by atoms with Crippen LogP contribution in [0.15, 0.2) is 24.3 Å². The Balaban J connectivity index is 2.93. The van der Waals surface area contributed by atoms with Crippen molar-refractivity contribution in [2.75, 3.05) is 18.8 Å². The monoisotopic (exact) mass is 260 g/mol. The van der Waals surface area contributed by atoms with Gasteiger partial charge in [0.05, 0.1) is 5.56 Å². The summed E-state index contributed by atoms with van der Waals surface area (Å²) in [7, 11) is 0. The maximum absolute atomic E-state index is 12.4. The van der Waals surface area contributed by atoms with Gasteiger partial charge in [0, 0.05) is 12.2 Å². The van der Waals surface area contributed by atoms with Crippen molar-refractivity contribution in [3.63, 3.8) is 0 Å². The molecule has 100 valence electrons. The van der Waals surface area contributed by atoms with Gasteiger partial charge in [-0.05, 0) is 18.6 Å². The van der Waals surface area contributed by atoms with Crippen LogP contribution < -0.4 is 5.73 Å². The maximum atomic E-state index is 12.4. The van der Waals surface area contributed by atoms with Crippen molar-refractivity contribution in [2.24, 2.45) is 0 Å². The minimum atomic E-state index is -4.41. The van der Waals surface area contributed by atoms with Gasteiger partial charge in [-0.3, -0.25) is 4.79 Å². The number of halogens is 3. The second-order valence-electron chi connectivity index (χ2n) is 3.93. The standard InChI is InChI=1S/C12H15F3N2O/c1-2-7-17(8-12(13,14)15)11(18)9-5-3-4-6-10(9)16/h3-6H,2,7-8,16H2,1H3. The number of alkyl halides is 3. The van der Waals surface area contributed by atoms with Crippen LogP contribution in [0.1, 0.15) is 23.7 Å². The average molecular weight is 260 g/mol. The smallest absolute Gasteiger partial charge is 0.398 e. The molecule has 0 radical (unpaired) electrons. The molecule has 0 aliphatic carbocycles. The third-order valence-corrected chi connectivity index (χ3v) is 2.34. The minimum absolute atomic E-state index is 0.0483. The molecule has 1 rings (SSSR count). The van der Waals surface area contributed by atoms with E-state index in [9.17, 15) is 18.0 Å². The van der Waals surface area contributed by atoms with Crippen LogP contribution in [-0.4, -0.2) is 30.1 Å². The molecule has 0 aromatic heterocycles. The third kappa shape index (κ3) is 3.94. The van der Waals surface area contributed by atoms with Gasteiger partial charge in [-0.25, -0.2) is 0 Å². The molecule has 1 aromatic carbocycles. The number of carbonyl (C=O) groups excluding carboxylic acids is 1. The van der Waals surface area contributed by atoms with Crippen molar-refractivity contribution in [2.45, 2.75) is 19.5 Å². The molecule has 0 aliphatic rings. The van der Waals surface area contributed by atoms with Crippen LogP contribution in [0, 0.1) is 0 Å². The van der Waals surface area contributed by atoms with E-state index in [4.69, 9.17) is 5.73 Å². The lowest BCUT2D eigenvalue weighted by atomic mass is 10.1. The summed E-state index contributed by atoms with van der Waals surface area (Å²) < 4.78 is 37.1. The Hall–Kier alpha value is -1.72. The van der Waals surface area contributed by atoms with Crippen molar-refractivity contribution in [3.8, 4) is 0 Å². The van der Waals surface area contributed by atoms with Crippen LogP contribution in [0.4, 0.5) is 18.9 Å². The number of amides is 1. The molecule has 6 heteroatoms. The van der Waals surface area contributed by atoms with Crippen LogP contribution in [-0.2, 0) is 0 Å². The molecule has 0 saturated heterocycles. The Morgan fingerprint density at radius 1 is 1.33 bits per heavy atom. The lowest BCUT2D eigenvalue weighted by Gasteiger charge is -2.24. The minimum Gasteiger partial charge on any atom is -0.398 e. The molecule has 0 aliphatic heterocycles. The summed E-state index contributed by atoms with van der Waals surface area (Å²) >= 11 is 0. The van der Waals surface area contributed by atoms with E-state index in [-0.39, 0.29) is 17.8 Å². The van der Waals surface area contributed by atoms with Crippen molar-refractivity contribution in [1.82, 2.24) is 4.90 Å². The molecule has 0 bridgehead atoms. The summed E-state index contributed by atoms with van der Waals surface area (Å²) in [6.45, 7) is 0.506. The zero-order chi connectivity index (χ0) is 13.8. The third-order valence-electron chi connectivity index (χ3n) is 2.34. The van der Waals surface area contributed by atoms with E-state index in [1.165, 1.54) is 12.1 Å². The SMILES string of the molecule is CCCN(CC(F)(F)F)C(=O)c1ccccc1N. The molecule has 1 aromatic rings. The number of para-hydroxylation sites is 1. The average Bonchev–Trinajstić information content (AvgIpc) is 2.26. The van der Waals surface area contributed by atoms with Crippen molar-refractivity contribution in [3.05, 3.63) is 29.8 Å². The van der Waals surface area contributed by atoms with Gasteiger partial charge in [0.1, 0.15) is 6.54 Å². The van der Waals surface area contributed by atoms with Gasteiger partial charge < -0.3 is 10.6 Å². The Labute approximate surface area is 103 Å². The number of nitrogens with zero attached hydrogens (tertiary/aromatic N) is 1. The normalized spacial score (nSPS) is 11.3. The lowest BCUT2D eigenvalue weighted by Crippen LogP contribution is -2.39. The molecule has 0 unspecified atom stereocenters. The van der Waals surface area contributed by atoms with Crippen LogP contribution in [0.3, 0.4) is 0 Å². The summed E-state index contributed by atoms with van der Waals surface area (Å²) in [6, 6.07) is 6.11. The van der Waals surface area contributed by atoms with Crippen LogP contribution in [0.25, 0.3) is 0 Å². The van der Waals surface area contributed by atoms with Crippen LogP contribution in [0.2, 0.25) is 0 Å². The molecular formula is C12H15F3N2O. The molecule has 1 amide bonds. The van der Waals surface area contributed by atoms with Crippen molar-refractivity contribution >= 4 is 11.6 Å². The molecule has 0 heterocycles. The summed E-state index contributed by atoms with van der Waals surface area (Å²) in [5, 5.41) is 0. The molecule has 3 nitrogen and oxygen atoms in total. The topological polar surface area (TPSA) is 46.3 Å². The largest absolute Gasteiger partial charge is 0.406 e. The highest BCUT2D eigenvalue weighted by molar-refractivity contribution is 5.99. The Morgan fingerprint density at radius 3 is 2.44 bits per heavy atom. The molecule has 0 atom stereocenters. The van der Waals surface area contributed by atoms with E-state index in [0.717, 1.165) is 4.90 Å². The molecule has 18 heavy (non-hydrogen) atoms. The number of carbonyl (C=O) groups is 1. The first-order valence-corrected chi connectivity index (χ1v) is 5.55. The Morgan fingerprint density at radius 2 is 1.94 bits per heavy atom. The van der Waals surface area contributed by atoms with Crippen molar-refractivity contribution in [1.29, 1.82) is 0 Å². The van der Waals surface area contributed by atoms with Crippen LogP contribution >= 0.6 is 0 Å². The van der Waals surface area contributed by atoms with Gasteiger partial charge in [0.25, 0.3) is 5.91 Å². The van der Waals surface area contributed by atoms with E-state index < -0.39 is 18.6 Å². The van der Waals surface area contributed by atoms with E-state index in [1.807, 2.05) is 0 Å². The summed E-state index contributed by atoms with van der Waals surface area (Å²) in [5.74, 6) is -0.688. The second-order valence-corrected chi connectivity index (χ2v) is 3.93. The highest BCUT2D eigenvalue weighted by Gasteiger charge is 2.33. The first-order valence-electron chi connectivity index (χ1n) is 5.55. The zero-order valence-corrected chi connectivity index (χ0v) is 10.00.